The van der Waals surface area contributed by atoms with Crippen molar-refractivity contribution in [2.45, 2.75) is 6.54 Å². The number of hydrogen-bond donors (Lipinski definition) is 2. The van der Waals surface area contributed by atoms with Crippen LogP contribution in [-0.4, -0.2) is 29.1 Å². The standard InChI is InChI=1S/C19H16N2O5/c1-25-15-4-2-12(3-5-15)13-8-14(10-20-9-13)18(22)21-11-16-6-7-17(26-16)19(23)24/h2-10H,11H2,1H3,(H,21,22)(H,23,24). The van der Waals surface area contributed by atoms with Crippen LogP contribution < -0.4 is 10.1 Å². The molecule has 0 saturated carbocycles. The minimum absolute atomic E-state index is 0.0822. The molecule has 2 heterocycles. The Morgan fingerprint density at radius 1 is 1.12 bits per heavy atom. The van der Waals surface area contributed by atoms with E-state index in [4.69, 9.17) is 14.3 Å². The van der Waals surface area contributed by atoms with Crippen LogP contribution >= 0.6 is 0 Å². The molecular weight excluding hydrogens is 336 g/mol. The maximum atomic E-state index is 12.3. The van der Waals surface area contributed by atoms with Gasteiger partial charge in [0.05, 0.1) is 19.2 Å². The molecule has 0 fully saturated rings. The molecule has 132 valence electrons. The summed E-state index contributed by atoms with van der Waals surface area (Å²) in [5, 5.41) is 11.5. The maximum Gasteiger partial charge on any atom is 0.371 e. The molecule has 0 aliphatic rings. The number of ether oxygens (including phenoxy) is 1. The van der Waals surface area contributed by atoms with Crippen LogP contribution in [0.1, 0.15) is 26.7 Å². The van der Waals surface area contributed by atoms with Crippen LogP contribution in [0.25, 0.3) is 11.1 Å². The molecule has 2 aromatic heterocycles. The molecule has 3 rings (SSSR count). The van der Waals surface area contributed by atoms with Gasteiger partial charge in [0.2, 0.25) is 5.76 Å². The fourth-order valence-corrected chi connectivity index (χ4v) is 2.36. The van der Waals surface area contributed by atoms with Gasteiger partial charge in [-0.1, -0.05) is 12.1 Å². The SMILES string of the molecule is COc1ccc(-c2cncc(C(=O)NCc3ccc(C(=O)O)o3)c2)cc1. The molecule has 0 spiro atoms. The van der Waals surface area contributed by atoms with E-state index >= 15 is 0 Å². The lowest BCUT2D eigenvalue weighted by Crippen LogP contribution is -2.22. The van der Waals surface area contributed by atoms with Crippen molar-refractivity contribution in [3.05, 3.63) is 71.9 Å². The molecule has 0 unspecified atom stereocenters. The second-order valence-electron chi connectivity index (χ2n) is 5.44. The Morgan fingerprint density at radius 3 is 2.54 bits per heavy atom. The third kappa shape index (κ3) is 3.89. The van der Waals surface area contributed by atoms with Crippen molar-refractivity contribution >= 4 is 11.9 Å². The first-order chi connectivity index (χ1) is 12.6. The molecule has 0 radical (unpaired) electrons. The van der Waals surface area contributed by atoms with Crippen LogP contribution in [0.3, 0.4) is 0 Å². The minimum Gasteiger partial charge on any atom is -0.497 e. The quantitative estimate of drug-likeness (QED) is 0.707. The number of hydrogen-bond acceptors (Lipinski definition) is 5. The molecule has 7 nitrogen and oxygen atoms in total. The molecular formula is C19H16N2O5. The van der Waals surface area contributed by atoms with Crippen LogP contribution in [-0.2, 0) is 6.54 Å². The van der Waals surface area contributed by atoms with Gasteiger partial charge in [-0.2, -0.15) is 0 Å². The molecule has 1 aromatic carbocycles. The largest absolute Gasteiger partial charge is 0.497 e. The van der Waals surface area contributed by atoms with E-state index in [-0.39, 0.29) is 18.2 Å². The van der Waals surface area contributed by atoms with E-state index in [0.29, 0.717) is 11.3 Å². The van der Waals surface area contributed by atoms with Gasteiger partial charge in [-0.05, 0) is 35.9 Å². The Labute approximate surface area is 149 Å². The lowest BCUT2D eigenvalue weighted by Gasteiger charge is -2.07. The maximum absolute atomic E-state index is 12.3. The van der Waals surface area contributed by atoms with Crippen LogP contribution in [0.4, 0.5) is 0 Å². The average molecular weight is 352 g/mol. The Kier molecular flexibility index (Phi) is 4.98. The van der Waals surface area contributed by atoms with Crippen molar-refractivity contribution in [1.82, 2.24) is 10.3 Å². The van der Waals surface area contributed by atoms with Crippen molar-refractivity contribution in [3.63, 3.8) is 0 Å². The van der Waals surface area contributed by atoms with Gasteiger partial charge >= 0.3 is 5.97 Å². The van der Waals surface area contributed by atoms with E-state index in [2.05, 4.69) is 10.3 Å². The molecule has 0 saturated heterocycles. The summed E-state index contributed by atoms with van der Waals surface area (Å²) >= 11 is 0. The number of methoxy groups -OCH3 is 1. The monoisotopic (exact) mass is 352 g/mol. The van der Waals surface area contributed by atoms with E-state index in [1.165, 1.54) is 18.3 Å². The number of carboxylic acid groups (broad SMARTS) is 1. The third-order valence-corrected chi connectivity index (χ3v) is 3.72. The molecule has 7 heteroatoms. The Bertz CT molecular complexity index is 931. The number of nitrogens with one attached hydrogen (secondary N) is 1. The third-order valence-electron chi connectivity index (χ3n) is 3.72. The predicted molar refractivity (Wildman–Crippen MR) is 93.1 cm³/mol. The first-order valence-corrected chi connectivity index (χ1v) is 7.76. The summed E-state index contributed by atoms with van der Waals surface area (Å²) in [6.45, 7) is 0.0822. The van der Waals surface area contributed by atoms with Gasteiger partial charge in [0, 0.05) is 18.0 Å². The number of aromatic carboxylic acids is 1. The van der Waals surface area contributed by atoms with Gasteiger partial charge in [-0.3, -0.25) is 9.78 Å². The normalized spacial score (nSPS) is 10.3. The van der Waals surface area contributed by atoms with Crippen molar-refractivity contribution in [2.24, 2.45) is 0 Å². The second-order valence-corrected chi connectivity index (χ2v) is 5.44. The van der Waals surface area contributed by atoms with Crippen LogP contribution in [0, 0.1) is 0 Å². The molecule has 0 atom stereocenters. The summed E-state index contributed by atoms with van der Waals surface area (Å²) in [7, 11) is 1.60. The highest BCUT2D eigenvalue weighted by molar-refractivity contribution is 5.95. The molecule has 0 aliphatic carbocycles. The number of carboxylic acids is 1. The molecule has 2 N–H and O–H groups in total. The highest BCUT2D eigenvalue weighted by atomic mass is 16.5. The van der Waals surface area contributed by atoms with Gasteiger partial charge in [0.15, 0.2) is 0 Å². The van der Waals surface area contributed by atoms with Crippen LogP contribution in [0.5, 0.6) is 5.75 Å². The Morgan fingerprint density at radius 2 is 1.88 bits per heavy atom. The van der Waals surface area contributed by atoms with Crippen molar-refractivity contribution in [1.29, 1.82) is 0 Å². The zero-order valence-electron chi connectivity index (χ0n) is 13.9. The minimum atomic E-state index is -1.15. The Balaban J connectivity index is 1.70. The van der Waals surface area contributed by atoms with E-state index in [9.17, 15) is 9.59 Å². The van der Waals surface area contributed by atoms with E-state index in [0.717, 1.165) is 16.9 Å². The number of benzene rings is 1. The number of amides is 1. The van der Waals surface area contributed by atoms with Crippen molar-refractivity contribution < 1.29 is 23.8 Å². The first-order valence-electron chi connectivity index (χ1n) is 7.76. The lowest BCUT2D eigenvalue weighted by atomic mass is 10.1. The van der Waals surface area contributed by atoms with Gasteiger partial charge in [-0.25, -0.2) is 4.79 Å². The summed E-state index contributed by atoms with van der Waals surface area (Å²) in [5.74, 6) is -0.553. The molecule has 3 aromatic rings. The zero-order valence-corrected chi connectivity index (χ0v) is 13.9. The number of furan rings is 1. The summed E-state index contributed by atoms with van der Waals surface area (Å²) in [6, 6.07) is 12.0. The zero-order chi connectivity index (χ0) is 18.5. The van der Waals surface area contributed by atoms with Crippen molar-refractivity contribution in [2.75, 3.05) is 7.11 Å². The molecule has 26 heavy (non-hydrogen) atoms. The summed E-state index contributed by atoms with van der Waals surface area (Å²) < 4.78 is 10.2. The molecule has 0 bridgehead atoms. The lowest BCUT2D eigenvalue weighted by molar-refractivity contribution is 0.0660. The number of pyridine rings is 1. The Hall–Kier alpha value is -3.61. The number of carbonyl (C=O) groups is 2. The van der Waals surface area contributed by atoms with E-state index in [1.54, 1.807) is 19.4 Å². The van der Waals surface area contributed by atoms with Gasteiger partial charge in [0.1, 0.15) is 11.5 Å². The number of rotatable bonds is 6. The number of carbonyl (C=O) groups excluding carboxylic acids is 1. The van der Waals surface area contributed by atoms with Gasteiger partial charge < -0.3 is 19.6 Å². The number of nitrogens with zero attached hydrogens (tertiary/aromatic N) is 1. The fraction of sp³-hybridized carbons (Fsp3) is 0.105. The molecule has 1 amide bonds. The van der Waals surface area contributed by atoms with Crippen LogP contribution in [0.15, 0.2) is 59.3 Å². The summed E-state index contributed by atoms with van der Waals surface area (Å²) in [5.41, 5.74) is 2.10. The van der Waals surface area contributed by atoms with Crippen LogP contribution in [0.2, 0.25) is 0 Å². The van der Waals surface area contributed by atoms with Gasteiger partial charge in [0.25, 0.3) is 5.91 Å². The van der Waals surface area contributed by atoms with E-state index in [1.807, 2.05) is 24.3 Å². The fourth-order valence-electron chi connectivity index (χ4n) is 2.36. The number of aromatic nitrogens is 1. The van der Waals surface area contributed by atoms with E-state index < -0.39 is 5.97 Å². The highest BCUT2D eigenvalue weighted by Gasteiger charge is 2.12. The summed E-state index contributed by atoms with van der Waals surface area (Å²) in [4.78, 5) is 27.2. The van der Waals surface area contributed by atoms with Crippen molar-refractivity contribution in [3.8, 4) is 16.9 Å². The topological polar surface area (TPSA) is 102 Å². The average Bonchev–Trinajstić information content (AvgIpc) is 3.16. The smallest absolute Gasteiger partial charge is 0.371 e. The highest BCUT2D eigenvalue weighted by Crippen LogP contribution is 2.22. The first kappa shape index (κ1) is 17.2. The predicted octanol–water partition coefficient (Wildman–Crippen LogP) is 2.98. The summed E-state index contributed by atoms with van der Waals surface area (Å²) in [6.07, 6.45) is 3.14. The molecule has 0 aliphatic heterocycles. The second kappa shape index (κ2) is 7.52. The van der Waals surface area contributed by atoms with Gasteiger partial charge in [-0.15, -0.1) is 0 Å².